The summed E-state index contributed by atoms with van der Waals surface area (Å²) in [6, 6.07) is 8.99. The number of benzene rings is 2. The monoisotopic (exact) mass is 578 g/mol. The van der Waals surface area contributed by atoms with Crippen molar-refractivity contribution in [3.05, 3.63) is 76.4 Å². The second kappa shape index (κ2) is 9.06. The quantitative estimate of drug-likeness (QED) is 0.254. The van der Waals surface area contributed by atoms with Gasteiger partial charge in [0.1, 0.15) is 33.7 Å². The number of hydrogen-bond acceptors (Lipinski definition) is 10. The first kappa shape index (κ1) is 26.8. The van der Waals surface area contributed by atoms with Crippen LogP contribution in [0, 0.1) is 17.7 Å². The van der Waals surface area contributed by atoms with Crippen LogP contribution in [0.15, 0.2) is 59.5 Å². The number of aromatic nitrogens is 1. The molecule has 1 fully saturated rings. The van der Waals surface area contributed by atoms with Crippen LogP contribution >= 0.6 is 11.3 Å². The maximum atomic E-state index is 13.8. The van der Waals surface area contributed by atoms with Crippen LogP contribution in [0.2, 0.25) is 0 Å². The summed E-state index contributed by atoms with van der Waals surface area (Å²) in [5.74, 6) is -9.60. The molecule has 0 unspecified atom stereocenters. The normalized spacial score (nSPS) is 27.4. The van der Waals surface area contributed by atoms with E-state index >= 15 is 0 Å². The SMILES string of the molecule is C[C@H]1c2ccc(-c3ncc(-c4ccc(F)cc4)s3)c(O)c2C(O)=C2C(=O)[C@]3(O)C(O)=C(C(N)=O)C(=O)C[C@@H]3[C@@H](O)[C@@H]21. The maximum Gasteiger partial charge on any atom is 0.255 e. The highest BCUT2D eigenvalue weighted by molar-refractivity contribution is 7.18. The van der Waals surface area contributed by atoms with Crippen molar-refractivity contribution in [2.24, 2.45) is 17.6 Å². The Labute approximate surface area is 235 Å². The second-order valence-corrected chi connectivity index (χ2v) is 11.5. The number of amides is 1. The summed E-state index contributed by atoms with van der Waals surface area (Å²) < 4.78 is 13.4. The number of primary amides is 1. The molecule has 0 aliphatic heterocycles. The third-order valence-electron chi connectivity index (χ3n) is 8.37. The number of ketones is 2. The number of aliphatic hydroxyl groups is 4. The van der Waals surface area contributed by atoms with Gasteiger partial charge in [0.15, 0.2) is 11.4 Å². The van der Waals surface area contributed by atoms with Gasteiger partial charge in [-0.1, -0.05) is 25.1 Å². The molecule has 1 amide bonds. The molecule has 2 aromatic carbocycles. The molecule has 0 spiro atoms. The van der Waals surface area contributed by atoms with Crippen molar-refractivity contribution >= 4 is 34.6 Å². The van der Waals surface area contributed by atoms with E-state index in [1.165, 1.54) is 23.5 Å². The minimum absolute atomic E-state index is 0.118. The molecule has 41 heavy (non-hydrogen) atoms. The van der Waals surface area contributed by atoms with Crippen molar-refractivity contribution in [3.8, 4) is 26.8 Å². The van der Waals surface area contributed by atoms with Crippen molar-refractivity contribution < 1.29 is 44.3 Å². The molecule has 5 atom stereocenters. The molecular formula is C29H23FN2O8S. The molecule has 1 saturated carbocycles. The number of fused-ring (bicyclic) bond motifs is 3. The van der Waals surface area contributed by atoms with E-state index in [9.17, 15) is 44.3 Å². The standard InChI is InChI=1S/C29H23FN2O8S/c1-10-13-6-7-14(28-32-9-17(41-28)11-2-4-12(30)5-3-11)22(34)19(13)24(36)21-18(10)23(35)15-8-16(33)20(27(31)39)25(37)29(15,40)26(21)38/h2-7,9-10,15,18,23,34-37,40H,8H2,1H3,(H2,31,39)/t10-,15+,18+,23+,29+/m0/s1. The third kappa shape index (κ3) is 3.61. The fourth-order valence-electron chi connectivity index (χ4n) is 6.32. The Bertz CT molecular complexity index is 1740. The molecule has 3 aromatic rings. The zero-order chi connectivity index (χ0) is 29.5. The Balaban J connectivity index is 1.50. The predicted octanol–water partition coefficient (Wildman–Crippen LogP) is 2.89. The van der Waals surface area contributed by atoms with Crippen LogP contribution < -0.4 is 5.73 Å². The highest BCUT2D eigenvalue weighted by Crippen LogP contribution is 2.56. The zero-order valence-corrected chi connectivity index (χ0v) is 22.1. The number of rotatable bonds is 3. The van der Waals surface area contributed by atoms with Gasteiger partial charge in [-0.25, -0.2) is 9.37 Å². The molecule has 10 nitrogen and oxygen atoms in total. The first-order valence-electron chi connectivity index (χ1n) is 12.6. The summed E-state index contributed by atoms with van der Waals surface area (Å²) >= 11 is 1.20. The van der Waals surface area contributed by atoms with Gasteiger partial charge in [0.2, 0.25) is 5.78 Å². The number of phenols is 1. The Morgan fingerprint density at radius 3 is 2.46 bits per heavy atom. The average molecular weight is 579 g/mol. The second-order valence-electron chi connectivity index (χ2n) is 10.4. The van der Waals surface area contributed by atoms with E-state index in [0.29, 0.717) is 21.0 Å². The van der Waals surface area contributed by atoms with Gasteiger partial charge >= 0.3 is 0 Å². The van der Waals surface area contributed by atoms with Gasteiger partial charge in [0.25, 0.3) is 5.91 Å². The summed E-state index contributed by atoms with van der Waals surface area (Å²) in [7, 11) is 0. The minimum atomic E-state index is -2.90. The summed E-state index contributed by atoms with van der Waals surface area (Å²) in [4.78, 5) is 43.3. The van der Waals surface area contributed by atoms with E-state index in [4.69, 9.17) is 5.73 Å². The van der Waals surface area contributed by atoms with Gasteiger partial charge < -0.3 is 31.3 Å². The number of halogens is 1. The summed E-state index contributed by atoms with van der Waals surface area (Å²) in [6.07, 6.45) is -0.687. The molecule has 12 heteroatoms. The van der Waals surface area contributed by atoms with E-state index in [0.717, 1.165) is 0 Å². The van der Waals surface area contributed by atoms with Crippen LogP contribution in [0.5, 0.6) is 5.75 Å². The van der Waals surface area contributed by atoms with Crippen molar-refractivity contribution in [2.45, 2.75) is 31.0 Å². The zero-order valence-electron chi connectivity index (χ0n) is 21.3. The lowest BCUT2D eigenvalue weighted by atomic mass is 9.55. The van der Waals surface area contributed by atoms with Crippen LogP contribution in [0.1, 0.15) is 30.4 Å². The van der Waals surface area contributed by atoms with Crippen molar-refractivity contribution in [3.63, 3.8) is 0 Å². The summed E-state index contributed by atoms with van der Waals surface area (Å²) in [6.45, 7) is 1.65. The Kier molecular flexibility index (Phi) is 5.93. The number of nitrogens with zero attached hydrogens (tertiary/aromatic N) is 1. The Hall–Kier alpha value is -4.39. The van der Waals surface area contributed by atoms with Crippen molar-refractivity contribution in [1.29, 1.82) is 0 Å². The number of Topliss-reactive ketones (excluding diaryl/α,β-unsaturated/α-hetero) is 2. The van der Waals surface area contributed by atoms with Gasteiger partial charge in [0.05, 0.1) is 22.1 Å². The lowest BCUT2D eigenvalue weighted by Crippen LogP contribution is -2.63. The van der Waals surface area contributed by atoms with E-state index in [-0.39, 0.29) is 11.1 Å². The fraction of sp³-hybridized carbons (Fsp3) is 0.241. The van der Waals surface area contributed by atoms with E-state index in [1.807, 2.05) is 0 Å². The molecule has 1 aromatic heterocycles. The van der Waals surface area contributed by atoms with Gasteiger partial charge in [-0.15, -0.1) is 11.3 Å². The molecule has 3 aliphatic carbocycles. The van der Waals surface area contributed by atoms with Crippen molar-refractivity contribution in [2.75, 3.05) is 0 Å². The molecule has 210 valence electrons. The summed E-state index contributed by atoms with van der Waals surface area (Å²) in [5, 5.41) is 56.6. The highest BCUT2D eigenvalue weighted by Gasteiger charge is 2.64. The number of hydrogen-bond donors (Lipinski definition) is 6. The highest BCUT2D eigenvalue weighted by atomic mass is 32.1. The number of nitrogens with two attached hydrogens (primary N) is 1. The van der Waals surface area contributed by atoms with E-state index in [2.05, 4.69) is 4.98 Å². The van der Waals surface area contributed by atoms with Gasteiger partial charge in [0, 0.05) is 30.0 Å². The molecular weight excluding hydrogens is 555 g/mol. The minimum Gasteiger partial charge on any atom is -0.508 e. The first-order chi connectivity index (χ1) is 19.4. The number of aromatic hydroxyl groups is 1. The molecule has 3 aliphatic rings. The number of carbonyl (C=O) groups excluding carboxylic acids is 3. The number of carbonyl (C=O) groups is 3. The van der Waals surface area contributed by atoms with E-state index < -0.39 is 87.6 Å². The molecule has 1 heterocycles. The molecule has 0 saturated heterocycles. The Morgan fingerprint density at radius 2 is 1.80 bits per heavy atom. The first-order valence-corrected chi connectivity index (χ1v) is 13.4. The largest absolute Gasteiger partial charge is 0.508 e. The van der Waals surface area contributed by atoms with Crippen molar-refractivity contribution in [1.82, 2.24) is 4.98 Å². The van der Waals surface area contributed by atoms with Crippen LogP contribution in [-0.2, 0) is 14.4 Å². The van der Waals surface area contributed by atoms with Crippen LogP contribution in [0.25, 0.3) is 26.8 Å². The third-order valence-corrected chi connectivity index (χ3v) is 9.45. The van der Waals surface area contributed by atoms with Gasteiger partial charge in [-0.3, -0.25) is 14.4 Å². The molecule has 7 N–H and O–H groups in total. The number of thiazole rings is 1. The molecule has 0 radical (unpaired) electrons. The fourth-order valence-corrected chi connectivity index (χ4v) is 7.26. The summed E-state index contributed by atoms with van der Waals surface area (Å²) in [5.41, 5.74) is 2.11. The van der Waals surface area contributed by atoms with Gasteiger partial charge in [-0.2, -0.15) is 0 Å². The number of aliphatic hydroxyl groups excluding tert-OH is 3. The number of phenolic OH excluding ortho intramolecular Hbond substituents is 1. The predicted molar refractivity (Wildman–Crippen MR) is 144 cm³/mol. The smallest absolute Gasteiger partial charge is 0.255 e. The van der Waals surface area contributed by atoms with Gasteiger partial charge in [-0.05, 0) is 35.2 Å². The van der Waals surface area contributed by atoms with Crippen LogP contribution in [-0.4, -0.2) is 59.7 Å². The Morgan fingerprint density at radius 1 is 1.12 bits per heavy atom. The average Bonchev–Trinajstić information content (AvgIpc) is 3.41. The lowest BCUT2D eigenvalue weighted by molar-refractivity contribution is -0.160. The van der Waals surface area contributed by atoms with Crippen LogP contribution in [0.3, 0.4) is 0 Å². The molecule has 0 bridgehead atoms. The van der Waals surface area contributed by atoms with E-state index in [1.54, 1.807) is 37.4 Å². The molecule has 6 rings (SSSR count). The maximum absolute atomic E-state index is 13.8. The lowest BCUT2D eigenvalue weighted by Gasteiger charge is -2.50. The topological polar surface area (TPSA) is 191 Å². The van der Waals surface area contributed by atoms with Crippen LogP contribution in [0.4, 0.5) is 4.39 Å².